The van der Waals surface area contributed by atoms with Gasteiger partial charge in [0.2, 0.25) is 0 Å². The number of hydrogen-bond acceptors (Lipinski definition) is 4. The summed E-state index contributed by atoms with van der Waals surface area (Å²) in [6.45, 7) is 6.05. The first-order valence-electron chi connectivity index (χ1n) is 12.2. The number of piperidine rings is 1. The fourth-order valence-electron chi connectivity index (χ4n) is 5.04. The van der Waals surface area contributed by atoms with E-state index < -0.39 is 19.6 Å². The maximum atomic E-state index is 14.5. The number of aromatic amines is 1. The zero-order valence-corrected chi connectivity index (χ0v) is 22.0. The third-order valence-electron chi connectivity index (χ3n) is 7.01. The zero-order valence-electron chi connectivity index (χ0n) is 21.1. The standard InChI is InChI=1S/C28H32F2N5P/c1-34(2)20-10-13-35(14-11-20)21-7-5-18(6-8-21)25-17-22-24(9-12-31-28(22)33-25)32-26-16-19(29)15-23(30)27(26)36(3)4/h5-9,12,15-17,20H,10-11,13-14H2,1-4H3,(H2,31,32,33). The van der Waals surface area contributed by atoms with Crippen LogP contribution < -0.4 is 15.5 Å². The summed E-state index contributed by atoms with van der Waals surface area (Å²) in [6, 6.07) is 15.5. The normalized spacial score (nSPS) is 14.8. The molecule has 188 valence electrons. The summed E-state index contributed by atoms with van der Waals surface area (Å²) in [6.07, 6.45) is 4.04. The molecule has 4 aromatic rings. The van der Waals surface area contributed by atoms with Crippen molar-refractivity contribution in [3.63, 3.8) is 0 Å². The summed E-state index contributed by atoms with van der Waals surface area (Å²) in [5.41, 5.74) is 5.19. The summed E-state index contributed by atoms with van der Waals surface area (Å²) < 4.78 is 28.6. The van der Waals surface area contributed by atoms with Crippen molar-refractivity contribution < 1.29 is 8.78 Å². The van der Waals surface area contributed by atoms with Crippen LogP contribution in [0.15, 0.2) is 54.7 Å². The van der Waals surface area contributed by atoms with Gasteiger partial charge < -0.3 is 20.1 Å². The van der Waals surface area contributed by atoms with Crippen LogP contribution in [0.25, 0.3) is 22.3 Å². The molecule has 0 radical (unpaired) electrons. The third kappa shape index (κ3) is 4.95. The molecule has 0 bridgehead atoms. The smallest absolute Gasteiger partial charge is 0.139 e. The summed E-state index contributed by atoms with van der Waals surface area (Å²) in [4.78, 5) is 12.7. The van der Waals surface area contributed by atoms with Crippen LogP contribution in [0, 0.1) is 11.6 Å². The van der Waals surface area contributed by atoms with Gasteiger partial charge in [0.05, 0.1) is 11.4 Å². The molecule has 2 aromatic carbocycles. The van der Waals surface area contributed by atoms with E-state index in [0.29, 0.717) is 17.0 Å². The van der Waals surface area contributed by atoms with Crippen molar-refractivity contribution in [3.8, 4) is 11.3 Å². The summed E-state index contributed by atoms with van der Waals surface area (Å²) in [5.74, 6) is -1.11. The van der Waals surface area contributed by atoms with Crippen LogP contribution in [0.2, 0.25) is 0 Å². The highest BCUT2D eigenvalue weighted by atomic mass is 31.1. The van der Waals surface area contributed by atoms with Gasteiger partial charge >= 0.3 is 0 Å². The number of H-pyrrole nitrogens is 1. The summed E-state index contributed by atoms with van der Waals surface area (Å²) >= 11 is 0. The van der Waals surface area contributed by atoms with Crippen molar-refractivity contribution in [1.82, 2.24) is 14.9 Å². The van der Waals surface area contributed by atoms with Crippen LogP contribution in [-0.2, 0) is 0 Å². The maximum absolute atomic E-state index is 14.5. The Bertz CT molecular complexity index is 1360. The molecule has 5 rings (SSSR count). The van der Waals surface area contributed by atoms with Gasteiger partial charge in [0.1, 0.15) is 17.3 Å². The monoisotopic (exact) mass is 507 g/mol. The lowest BCUT2D eigenvalue weighted by Gasteiger charge is -2.36. The van der Waals surface area contributed by atoms with Crippen molar-refractivity contribution in [2.24, 2.45) is 0 Å². The number of fused-ring (bicyclic) bond motifs is 1. The number of halogens is 2. The fourth-order valence-corrected chi connectivity index (χ4v) is 6.14. The van der Waals surface area contributed by atoms with Crippen molar-refractivity contribution in [2.45, 2.75) is 18.9 Å². The van der Waals surface area contributed by atoms with E-state index in [-0.39, 0.29) is 0 Å². The number of anilines is 3. The van der Waals surface area contributed by atoms with Gasteiger partial charge in [-0.15, -0.1) is 0 Å². The first kappa shape index (κ1) is 24.7. The Morgan fingerprint density at radius 2 is 1.72 bits per heavy atom. The van der Waals surface area contributed by atoms with E-state index in [4.69, 9.17) is 0 Å². The van der Waals surface area contributed by atoms with Gasteiger partial charge in [0.25, 0.3) is 0 Å². The van der Waals surface area contributed by atoms with Gasteiger partial charge in [-0.3, -0.25) is 0 Å². The molecule has 8 heteroatoms. The predicted octanol–water partition coefficient (Wildman–Crippen LogP) is 6.15. The van der Waals surface area contributed by atoms with E-state index in [2.05, 4.69) is 63.4 Å². The van der Waals surface area contributed by atoms with Gasteiger partial charge in [-0.05, 0) is 76.2 Å². The number of nitrogens with one attached hydrogen (secondary N) is 2. The van der Waals surface area contributed by atoms with Crippen LogP contribution in [-0.4, -0.2) is 61.4 Å². The predicted molar refractivity (Wildman–Crippen MR) is 148 cm³/mol. The fraction of sp³-hybridized carbons (Fsp3) is 0.321. The second-order valence-electron chi connectivity index (χ2n) is 9.84. The maximum Gasteiger partial charge on any atom is 0.139 e. The van der Waals surface area contributed by atoms with E-state index in [1.165, 1.54) is 24.6 Å². The van der Waals surface area contributed by atoms with Crippen molar-refractivity contribution in [2.75, 3.05) is 50.7 Å². The number of nitrogens with zero attached hydrogens (tertiary/aromatic N) is 3. The Morgan fingerprint density at radius 1 is 1.00 bits per heavy atom. The topological polar surface area (TPSA) is 47.2 Å². The molecule has 0 spiro atoms. The Hall–Kier alpha value is -3.02. The zero-order chi connectivity index (χ0) is 25.4. The van der Waals surface area contributed by atoms with Crippen LogP contribution in [0.1, 0.15) is 12.8 Å². The number of rotatable bonds is 6. The average Bonchev–Trinajstić information content (AvgIpc) is 3.29. The number of aromatic nitrogens is 2. The Labute approximate surface area is 212 Å². The highest BCUT2D eigenvalue weighted by Crippen LogP contribution is 2.35. The molecule has 36 heavy (non-hydrogen) atoms. The quantitative estimate of drug-likeness (QED) is 0.308. The number of hydrogen-bond donors (Lipinski definition) is 2. The molecule has 1 aliphatic rings. The molecule has 0 unspecified atom stereocenters. The van der Waals surface area contributed by atoms with Gasteiger partial charge in [0, 0.05) is 53.5 Å². The Balaban J connectivity index is 1.40. The minimum atomic E-state index is -0.769. The summed E-state index contributed by atoms with van der Waals surface area (Å²) in [7, 11) is 3.55. The lowest BCUT2D eigenvalue weighted by molar-refractivity contribution is 0.249. The van der Waals surface area contributed by atoms with Crippen molar-refractivity contribution in [3.05, 3.63) is 66.4 Å². The first-order valence-corrected chi connectivity index (χ1v) is 14.5. The Morgan fingerprint density at radius 3 is 2.39 bits per heavy atom. The molecule has 1 aliphatic heterocycles. The molecule has 0 atom stereocenters. The van der Waals surface area contributed by atoms with Crippen molar-refractivity contribution in [1.29, 1.82) is 0 Å². The Kier molecular flexibility index (Phi) is 6.96. The number of benzene rings is 2. The molecule has 0 amide bonds. The minimum absolute atomic E-state index is 0.459. The second-order valence-corrected chi connectivity index (χ2v) is 12.1. The molecule has 5 nitrogen and oxygen atoms in total. The minimum Gasteiger partial charge on any atom is -0.371 e. The van der Waals surface area contributed by atoms with Crippen LogP contribution in [0.4, 0.5) is 25.8 Å². The van der Waals surface area contributed by atoms with Gasteiger partial charge in [0.15, 0.2) is 0 Å². The molecular weight excluding hydrogens is 475 g/mol. The van der Waals surface area contributed by atoms with Crippen LogP contribution in [0.3, 0.4) is 0 Å². The molecule has 1 saturated heterocycles. The van der Waals surface area contributed by atoms with Gasteiger partial charge in [-0.25, -0.2) is 13.8 Å². The SMILES string of the molecule is CN(C)C1CCN(c2ccc(-c3cc4c(Nc5cc(F)cc(F)c5P(C)C)ccnc4[nH]3)cc2)CC1. The molecule has 1 fully saturated rings. The second kappa shape index (κ2) is 10.2. The lowest BCUT2D eigenvalue weighted by atomic mass is 10.0. The molecular formula is C28H32F2N5P. The largest absolute Gasteiger partial charge is 0.371 e. The van der Waals surface area contributed by atoms with Crippen LogP contribution >= 0.6 is 7.92 Å². The van der Waals surface area contributed by atoms with Gasteiger partial charge in [-0.2, -0.15) is 0 Å². The first-order chi connectivity index (χ1) is 17.3. The van der Waals surface area contributed by atoms with E-state index in [9.17, 15) is 8.78 Å². The molecule has 0 aliphatic carbocycles. The van der Waals surface area contributed by atoms with Crippen LogP contribution in [0.5, 0.6) is 0 Å². The van der Waals surface area contributed by atoms with E-state index >= 15 is 0 Å². The molecule has 2 aromatic heterocycles. The summed E-state index contributed by atoms with van der Waals surface area (Å²) in [5, 5.41) is 4.67. The number of pyridine rings is 1. The molecule has 2 N–H and O–H groups in total. The van der Waals surface area contributed by atoms with E-state index in [1.807, 2.05) is 25.5 Å². The third-order valence-corrected chi connectivity index (χ3v) is 8.36. The highest BCUT2D eigenvalue weighted by Gasteiger charge is 2.21. The van der Waals surface area contributed by atoms with E-state index in [1.54, 1.807) is 6.20 Å². The van der Waals surface area contributed by atoms with E-state index in [0.717, 1.165) is 47.1 Å². The molecule has 3 heterocycles. The average molecular weight is 508 g/mol. The lowest BCUT2D eigenvalue weighted by Crippen LogP contribution is -2.41. The molecule has 0 saturated carbocycles. The van der Waals surface area contributed by atoms with Gasteiger partial charge in [-0.1, -0.05) is 20.1 Å². The highest BCUT2D eigenvalue weighted by molar-refractivity contribution is 7.64. The van der Waals surface area contributed by atoms with Crippen molar-refractivity contribution >= 4 is 41.3 Å².